The number of rotatable bonds is 0. The van der Waals surface area contributed by atoms with Gasteiger partial charge in [0.2, 0.25) is 0 Å². The molecule has 11 heavy (non-hydrogen) atoms. The van der Waals surface area contributed by atoms with E-state index in [4.69, 9.17) is 0 Å². The first kappa shape index (κ1) is 6.34. The maximum absolute atomic E-state index is 4.30. The number of anilines is 1. The van der Waals surface area contributed by atoms with Gasteiger partial charge < -0.3 is 5.32 Å². The van der Waals surface area contributed by atoms with Gasteiger partial charge in [-0.15, -0.1) is 0 Å². The predicted octanol–water partition coefficient (Wildman–Crippen LogP) is 1.19. The lowest BCUT2D eigenvalue weighted by Gasteiger charge is -2.10. The van der Waals surface area contributed by atoms with Crippen molar-refractivity contribution in [1.29, 1.82) is 0 Å². The van der Waals surface area contributed by atoms with Crippen molar-refractivity contribution >= 4 is 11.9 Å². The molecule has 2 heterocycles. The van der Waals surface area contributed by atoms with Gasteiger partial charge in [0, 0.05) is 5.69 Å². The molecule has 1 N–H and O–H groups in total. The average Bonchev–Trinajstić information content (AvgIpc) is 2.04. The largest absolute Gasteiger partial charge is 0.364 e. The summed E-state index contributed by atoms with van der Waals surface area (Å²) in [7, 11) is 0. The Hall–Kier alpha value is -1.38. The number of fused-ring (bicyclic) bond motifs is 1. The number of nitrogens with zero attached hydrogens (tertiary/aromatic N) is 2. The molecule has 3 nitrogen and oxygen atoms in total. The Kier molecular flexibility index (Phi) is 1.35. The van der Waals surface area contributed by atoms with Crippen LogP contribution in [0, 0.1) is 6.92 Å². The van der Waals surface area contributed by atoms with E-state index in [0.29, 0.717) is 6.67 Å². The molecule has 0 aliphatic carbocycles. The Morgan fingerprint density at radius 2 is 2.36 bits per heavy atom. The smallest absolute Gasteiger partial charge is 0.107 e. The second-order valence-corrected chi connectivity index (χ2v) is 2.53. The summed E-state index contributed by atoms with van der Waals surface area (Å²) in [4.78, 5) is 8.36. The highest BCUT2D eigenvalue weighted by Crippen LogP contribution is 2.13. The van der Waals surface area contributed by atoms with E-state index in [1.807, 2.05) is 19.1 Å². The fourth-order valence-corrected chi connectivity index (χ4v) is 1.09. The van der Waals surface area contributed by atoms with Crippen molar-refractivity contribution < 1.29 is 0 Å². The molecule has 0 radical (unpaired) electrons. The summed E-state index contributed by atoms with van der Waals surface area (Å²) in [6.07, 6.45) is 1.80. The summed E-state index contributed by atoms with van der Waals surface area (Å²) in [6, 6.07) is 4.02. The maximum Gasteiger partial charge on any atom is 0.107 e. The summed E-state index contributed by atoms with van der Waals surface area (Å²) in [5.41, 5.74) is 3.04. The van der Waals surface area contributed by atoms with Gasteiger partial charge in [0.05, 0.1) is 11.9 Å². The van der Waals surface area contributed by atoms with Gasteiger partial charge in [-0.1, -0.05) is 0 Å². The monoisotopic (exact) mass is 147 g/mol. The Bertz CT molecular complexity index is 304. The molecule has 56 valence electrons. The van der Waals surface area contributed by atoms with Gasteiger partial charge in [-0.2, -0.15) is 0 Å². The average molecular weight is 147 g/mol. The van der Waals surface area contributed by atoms with E-state index in [9.17, 15) is 0 Å². The van der Waals surface area contributed by atoms with Crippen molar-refractivity contribution in [2.24, 2.45) is 4.99 Å². The highest BCUT2D eigenvalue weighted by Gasteiger charge is 2.03. The first-order valence-corrected chi connectivity index (χ1v) is 3.57. The van der Waals surface area contributed by atoms with Crippen LogP contribution in [0.15, 0.2) is 17.1 Å². The van der Waals surface area contributed by atoms with Gasteiger partial charge in [0.15, 0.2) is 0 Å². The van der Waals surface area contributed by atoms with E-state index in [-0.39, 0.29) is 0 Å². The van der Waals surface area contributed by atoms with Crippen LogP contribution in [0.1, 0.15) is 11.4 Å². The molecule has 0 spiro atoms. The third kappa shape index (κ3) is 1.09. The van der Waals surface area contributed by atoms with Crippen LogP contribution in [0.5, 0.6) is 0 Å². The predicted molar refractivity (Wildman–Crippen MR) is 45.1 cm³/mol. The van der Waals surface area contributed by atoms with E-state index < -0.39 is 0 Å². The van der Waals surface area contributed by atoms with Crippen LogP contribution in [0.25, 0.3) is 0 Å². The summed E-state index contributed by atoms with van der Waals surface area (Å²) in [5.74, 6) is 0. The fourth-order valence-electron chi connectivity index (χ4n) is 1.09. The molecule has 0 amide bonds. The highest BCUT2D eigenvalue weighted by molar-refractivity contribution is 5.86. The SMILES string of the molecule is Cc1ccc2c(n1)C=NCN2. The molecule has 0 fully saturated rings. The van der Waals surface area contributed by atoms with Crippen molar-refractivity contribution in [2.75, 3.05) is 12.0 Å². The zero-order valence-corrected chi connectivity index (χ0v) is 6.33. The molecule has 0 aromatic carbocycles. The molecule has 3 heteroatoms. The molecule has 0 bridgehead atoms. The van der Waals surface area contributed by atoms with Crippen molar-refractivity contribution in [3.05, 3.63) is 23.5 Å². The van der Waals surface area contributed by atoms with Crippen molar-refractivity contribution in [3.8, 4) is 0 Å². The molecule has 1 aliphatic rings. The topological polar surface area (TPSA) is 37.3 Å². The van der Waals surface area contributed by atoms with Crippen LogP contribution < -0.4 is 5.32 Å². The first-order chi connectivity index (χ1) is 5.36. The van der Waals surface area contributed by atoms with Gasteiger partial charge in [0.25, 0.3) is 0 Å². The molecule has 1 aromatic heterocycles. The lowest BCUT2D eigenvalue weighted by Crippen LogP contribution is -2.09. The van der Waals surface area contributed by atoms with Crippen LogP contribution in [-0.2, 0) is 0 Å². The molecule has 0 unspecified atom stereocenters. The summed E-state index contributed by atoms with van der Waals surface area (Å²) >= 11 is 0. The fraction of sp³-hybridized carbons (Fsp3) is 0.250. The minimum absolute atomic E-state index is 0.664. The number of pyridine rings is 1. The van der Waals surface area contributed by atoms with E-state index in [1.165, 1.54) is 0 Å². The summed E-state index contributed by atoms with van der Waals surface area (Å²) in [5, 5.41) is 3.13. The zero-order chi connectivity index (χ0) is 7.68. The quantitative estimate of drug-likeness (QED) is 0.598. The van der Waals surface area contributed by atoms with Gasteiger partial charge >= 0.3 is 0 Å². The minimum Gasteiger partial charge on any atom is -0.364 e. The first-order valence-electron chi connectivity index (χ1n) is 3.57. The molecule has 0 saturated carbocycles. The van der Waals surface area contributed by atoms with Crippen molar-refractivity contribution in [1.82, 2.24) is 4.98 Å². The minimum atomic E-state index is 0.664. The third-order valence-corrected chi connectivity index (χ3v) is 1.64. The van der Waals surface area contributed by atoms with E-state index in [0.717, 1.165) is 17.1 Å². The number of nitrogens with one attached hydrogen (secondary N) is 1. The normalized spacial score (nSPS) is 13.9. The number of aliphatic imine (C=N–C) groups is 1. The van der Waals surface area contributed by atoms with Gasteiger partial charge in [-0.3, -0.25) is 4.99 Å². The van der Waals surface area contributed by atoms with Crippen molar-refractivity contribution in [3.63, 3.8) is 0 Å². The van der Waals surface area contributed by atoms with E-state index in [1.54, 1.807) is 6.21 Å². The Labute approximate surface area is 65.2 Å². The van der Waals surface area contributed by atoms with Crippen LogP contribution in [0.2, 0.25) is 0 Å². The molecule has 0 atom stereocenters. The second kappa shape index (κ2) is 2.34. The molecule has 1 aliphatic heterocycles. The third-order valence-electron chi connectivity index (χ3n) is 1.64. The lowest BCUT2D eigenvalue weighted by molar-refractivity contribution is 1.08. The van der Waals surface area contributed by atoms with Crippen molar-refractivity contribution in [2.45, 2.75) is 6.92 Å². The van der Waals surface area contributed by atoms with E-state index >= 15 is 0 Å². The number of aryl methyl sites for hydroxylation is 1. The molecule has 1 aromatic rings. The van der Waals surface area contributed by atoms with Gasteiger partial charge in [0.1, 0.15) is 12.4 Å². The zero-order valence-electron chi connectivity index (χ0n) is 6.33. The highest BCUT2D eigenvalue weighted by atomic mass is 15.0. The summed E-state index contributed by atoms with van der Waals surface area (Å²) < 4.78 is 0. The van der Waals surface area contributed by atoms with Gasteiger partial charge in [-0.05, 0) is 19.1 Å². The maximum atomic E-state index is 4.30. The Morgan fingerprint density at radius 1 is 1.45 bits per heavy atom. The van der Waals surface area contributed by atoms with Crippen LogP contribution in [0.4, 0.5) is 5.69 Å². The second-order valence-electron chi connectivity index (χ2n) is 2.53. The Morgan fingerprint density at radius 3 is 3.27 bits per heavy atom. The standard InChI is InChI=1S/C8H9N3/c1-6-2-3-7-8(11-6)4-9-5-10-7/h2-4,10H,5H2,1H3. The van der Waals surface area contributed by atoms with Crippen LogP contribution in [-0.4, -0.2) is 17.9 Å². The molecule has 0 saturated heterocycles. The number of hydrogen-bond donors (Lipinski definition) is 1. The number of hydrogen-bond acceptors (Lipinski definition) is 3. The molecular formula is C8H9N3. The Balaban J connectivity index is 2.54. The number of aromatic nitrogens is 1. The molecular weight excluding hydrogens is 138 g/mol. The van der Waals surface area contributed by atoms with Crippen LogP contribution in [0.3, 0.4) is 0 Å². The van der Waals surface area contributed by atoms with E-state index in [2.05, 4.69) is 15.3 Å². The van der Waals surface area contributed by atoms with Crippen LogP contribution >= 0.6 is 0 Å². The summed E-state index contributed by atoms with van der Waals surface area (Å²) in [6.45, 7) is 2.64. The molecule has 2 rings (SSSR count). The lowest BCUT2D eigenvalue weighted by atomic mass is 10.2. The van der Waals surface area contributed by atoms with Gasteiger partial charge in [-0.25, -0.2) is 4.98 Å².